The molecule has 0 amide bonds. The number of carbonyl (C=O) groups excluding carboxylic acids is 1. The predicted octanol–water partition coefficient (Wildman–Crippen LogP) is 1.25. The molecule has 15 heavy (non-hydrogen) atoms. The summed E-state index contributed by atoms with van der Waals surface area (Å²) in [5.74, 6) is -0.0700. The fraction of sp³-hybridized carbons (Fsp3) is 0.700. The van der Waals surface area contributed by atoms with E-state index in [1.165, 1.54) is 13.4 Å². The van der Waals surface area contributed by atoms with Crippen LogP contribution in [0.5, 0.6) is 0 Å². The average Bonchev–Trinajstić information content (AvgIpc) is 3.00. The summed E-state index contributed by atoms with van der Waals surface area (Å²) in [6, 6.07) is 0. The van der Waals surface area contributed by atoms with Gasteiger partial charge >= 0.3 is 5.97 Å². The van der Waals surface area contributed by atoms with Crippen LogP contribution in [0.1, 0.15) is 13.3 Å². The highest BCUT2D eigenvalue weighted by Crippen LogP contribution is 2.40. The van der Waals surface area contributed by atoms with Crippen molar-refractivity contribution in [3.05, 3.63) is 12.3 Å². The van der Waals surface area contributed by atoms with E-state index in [1.807, 2.05) is 6.92 Å². The Balaban J connectivity index is 2.11. The van der Waals surface area contributed by atoms with Gasteiger partial charge in [-0.3, -0.25) is 4.79 Å². The highest BCUT2D eigenvalue weighted by molar-refractivity contribution is 5.76. The van der Waals surface area contributed by atoms with Crippen molar-refractivity contribution in [2.24, 2.45) is 11.8 Å². The third-order valence-electron chi connectivity index (χ3n) is 2.03. The van der Waals surface area contributed by atoms with Crippen molar-refractivity contribution >= 4 is 5.97 Å². The zero-order chi connectivity index (χ0) is 11.1. The van der Waals surface area contributed by atoms with E-state index >= 15 is 0 Å². The second kappa shape index (κ2) is 6.42. The predicted molar refractivity (Wildman–Crippen MR) is 51.4 cm³/mol. The standard InChI is InChI=1S/C10H16O5/c1-3-14-15-5-4-8-6-9(8)10(11)13-7-12-2/h4-5,8-9H,3,6-7H2,1-2H3. The summed E-state index contributed by atoms with van der Waals surface area (Å²) in [4.78, 5) is 20.6. The van der Waals surface area contributed by atoms with Crippen molar-refractivity contribution in [3.8, 4) is 0 Å². The second-order valence-electron chi connectivity index (χ2n) is 3.21. The van der Waals surface area contributed by atoms with Gasteiger partial charge in [-0.15, -0.1) is 0 Å². The number of hydrogen-bond acceptors (Lipinski definition) is 5. The van der Waals surface area contributed by atoms with E-state index in [2.05, 4.69) is 14.5 Å². The van der Waals surface area contributed by atoms with Crippen molar-refractivity contribution in [1.82, 2.24) is 0 Å². The maximum Gasteiger partial charge on any atom is 0.311 e. The van der Waals surface area contributed by atoms with Gasteiger partial charge in [0.1, 0.15) is 6.26 Å². The minimum Gasteiger partial charge on any atom is -0.438 e. The van der Waals surface area contributed by atoms with Gasteiger partial charge in [0.15, 0.2) is 6.79 Å². The van der Waals surface area contributed by atoms with Gasteiger partial charge in [0.2, 0.25) is 0 Å². The van der Waals surface area contributed by atoms with Gasteiger partial charge in [-0.25, -0.2) is 0 Å². The molecular formula is C10H16O5. The third kappa shape index (κ3) is 4.31. The average molecular weight is 216 g/mol. The van der Waals surface area contributed by atoms with E-state index in [1.54, 1.807) is 6.08 Å². The lowest BCUT2D eigenvalue weighted by Crippen LogP contribution is -2.09. The summed E-state index contributed by atoms with van der Waals surface area (Å²) >= 11 is 0. The number of carbonyl (C=O) groups is 1. The first-order chi connectivity index (χ1) is 7.29. The van der Waals surface area contributed by atoms with Crippen molar-refractivity contribution in [2.45, 2.75) is 13.3 Å². The van der Waals surface area contributed by atoms with Gasteiger partial charge in [-0.05, 0) is 25.3 Å². The largest absolute Gasteiger partial charge is 0.438 e. The summed E-state index contributed by atoms with van der Waals surface area (Å²) in [7, 11) is 1.48. The van der Waals surface area contributed by atoms with Gasteiger partial charge in [0, 0.05) is 7.11 Å². The molecule has 0 aromatic carbocycles. The first-order valence-electron chi connectivity index (χ1n) is 4.90. The molecule has 1 aliphatic rings. The fourth-order valence-electron chi connectivity index (χ4n) is 1.16. The lowest BCUT2D eigenvalue weighted by Gasteiger charge is -2.00. The molecule has 0 aromatic rings. The van der Waals surface area contributed by atoms with Crippen LogP contribution in [0.4, 0.5) is 0 Å². The molecule has 86 valence electrons. The van der Waals surface area contributed by atoms with Crippen LogP contribution in [0.15, 0.2) is 12.3 Å². The Morgan fingerprint density at radius 3 is 3.00 bits per heavy atom. The molecule has 1 saturated carbocycles. The third-order valence-corrected chi connectivity index (χ3v) is 2.03. The molecule has 0 spiro atoms. The molecule has 5 nitrogen and oxygen atoms in total. The molecule has 0 N–H and O–H groups in total. The number of methoxy groups -OCH3 is 1. The molecule has 2 unspecified atom stereocenters. The number of rotatable bonds is 7. The van der Waals surface area contributed by atoms with Crippen LogP contribution < -0.4 is 0 Å². The Morgan fingerprint density at radius 2 is 2.33 bits per heavy atom. The van der Waals surface area contributed by atoms with Crippen LogP contribution >= 0.6 is 0 Å². The van der Waals surface area contributed by atoms with Crippen LogP contribution in [0, 0.1) is 11.8 Å². The van der Waals surface area contributed by atoms with Gasteiger partial charge in [-0.1, -0.05) is 0 Å². The summed E-state index contributed by atoms with van der Waals surface area (Å²) in [6.45, 7) is 2.34. The molecule has 0 radical (unpaired) electrons. The second-order valence-corrected chi connectivity index (χ2v) is 3.21. The molecule has 5 heteroatoms. The Kier molecular flexibility index (Phi) is 5.14. The van der Waals surface area contributed by atoms with Crippen LogP contribution in [-0.2, 0) is 24.0 Å². The zero-order valence-corrected chi connectivity index (χ0v) is 8.97. The number of esters is 1. The quantitative estimate of drug-likeness (QED) is 0.160. The summed E-state index contributed by atoms with van der Waals surface area (Å²) in [6.07, 6.45) is 4.06. The van der Waals surface area contributed by atoms with Gasteiger partial charge in [0.05, 0.1) is 12.5 Å². The van der Waals surface area contributed by atoms with Crippen LogP contribution in [-0.4, -0.2) is 26.5 Å². The monoisotopic (exact) mass is 216 g/mol. The lowest BCUT2D eigenvalue weighted by molar-refractivity contribution is -0.244. The van der Waals surface area contributed by atoms with Crippen molar-refractivity contribution in [2.75, 3.05) is 20.5 Å². The van der Waals surface area contributed by atoms with Gasteiger partial charge in [0.25, 0.3) is 0 Å². The van der Waals surface area contributed by atoms with E-state index in [0.29, 0.717) is 6.61 Å². The van der Waals surface area contributed by atoms with Crippen LogP contribution in [0.3, 0.4) is 0 Å². The number of hydrogen-bond donors (Lipinski definition) is 0. The normalized spacial score (nSPS) is 24.1. The molecule has 0 aliphatic heterocycles. The van der Waals surface area contributed by atoms with E-state index in [9.17, 15) is 4.79 Å². The number of ether oxygens (including phenoxy) is 2. The Bertz CT molecular complexity index is 226. The van der Waals surface area contributed by atoms with Gasteiger partial charge in [-0.2, -0.15) is 4.89 Å². The summed E-state index contributed by atoms with van der Waals surface area (Å²) in [5.41, 5.74) is 0. The minimum absolute atomic E-state index is 0.0151. The van der Waals surface area contributed by atoms with Crippen molar-refractivity contribution in [1.29, 1.82) is 0 Å². The fourth-order valence-corrected chi connectivity index (χ4v) is 1.16. The number of allylic oxidation sites excluding steroid dienone is 1. The maximum atomic E-state index is 11.3. The molecule has 1 fully saturated rings. The molecule has 2 atom stereocenters. The van der Waals surface area contributed by atoms with Gasteiger partial charge < -0.3 is 14.4 Å². The summed E-state index contributed by atoms with van der Waals surface area (Å²) in [5, 5.41) is 0. The SMILES string of the molecule is CCOOC=CC1CC1C(=O)OCOC. The van der Waals surface area contributed by atoms with Crippen molar-refractivity contribution < 1.29 is 24.0 Å². The first-order valence-corrected chi connectivity index (χ1v) is 4.90. The first kappa shape index (κ1) is 12.0. The molecule has 0 saturated heterocycles. The Morgan fingerprint density at radius 1 is 1.53 bits per heavy atom. The van der Waals surface area contributed by atoms with Crippen molar-refractivity contribution in [3.63, 3.8) is 0 Å². The minimum atomic E-state index is -0.220. The molecule has 0 heterocycles. The maximum absolute atomic E-state index is 11.3. The zero-order valence-electron chi connectivity index (χ0n) is 8.97. The highest BCUT2D eigenvalue weighted by Gasteiger charge is 2.42. The van der Waals surface area contributed by atoms with Crippen LogP contribution in [0.25, 0.3) is 0 Å². The lowest BCUT2D eigenvalue weighted by atomic mass is 10.3. The smallest absolute Gasteiger partial charge is 0.311 e. The molecule has 1 aliphatic carbocycles. The van der Waals surface area contributed by atoms with Crippen LogP contribution in [0.2, 0.25) is 0 Å². The Labute approximate surface area is 88.9 Å². The van der Waals surface area contributed by atoms with E-state index in [0.717, 1.165) is 6.42 Å². The van der Waals surface area contributed by atoms with E-state index in [-0.39, 0.29) is 24.6 Å². The molecular weight excluding hydrogens is 200 g/mol. The van der Waals surface area contributed by atoms with E-state index < -0.39 is 0 Å². The highest BCUT2D eigenvalue weighted by atomic mass is 17.2. The summed E-state index contributed by atoms with van der Waals surface area (Å²) < 4.78 is 9.44. The Hall–Kier alpha value is -1.07. The molecule has 0 bridgehead atoms. The molecule has 1 rings (SSSR count). The molecule has 0 aromatic heterocycles. The van der Waals surface area contributed by atoms with E-state index in [4.69, 9.17) is 4.74 Å². The topological polar surface area (TPSA) is 54.0 Å².